The third-order valence-corrected chi connectivity index (χ3v) is 4.32. The number of aromatic nitrogens is 4. The number of nitrogens with zero attached hydrogens (tertiary/aromatic N) is 3. The topological polar surface area (TPSA) is 183 Å². The molecule has 0 spiro atoms. The lowest BCUT2D eigenvalue weighted by molar-refractivity contribution is 0.515. The number of nitrogen functional groups attached to an aromatic ring is 3. The monoisotopic (exact) mass is 442 g/mol. The molecule has 0 bridgehead atoms. The van der Waals surface area contributed by atoms with E-state index >= 15 is 0 Å². The normalized spacial score (nSPS) is 10.7. The van der Waals surface area contributed by atoms with Gasteiger partial charge in [-0.3, -0.25) is 19.6 Å². The minimum absolute atomic E-state index is 0.0208. The molecule has 0 aliphatic heterocycles. The lowest BCUT2D eigenvalue weighted by Crippen LogP contribution is -2.22. The van der Waals surface area contributed by atoms with Crippen molar-refractivity contribution in [3.63, 3.8) is 0 Å². The number of rotatable bonds is 5. The standard InChI is InChI=1S/C8H12N4O2S.C8H14N4OS/c1-4(2)3-12-6(9)5(11-14)7(13)10-8(12)15;1-4(2)3-12-6(10)5(9)7(13)11-8(12)14/h4H,3,9H2,1-2H3,(H,10,13,15);4H,3,9-10H2,1-2H3,(H,11,13,14). The fourth-order valence-corrected chi connectivity index (χ4v) is 2.89. The lowest BCUT2D eigenvalue weighted by Gasteiger charge is -2.13. The van der Waals surface area contributed by atoms with Gasteiger partial charge in [0.1, 0.15) is 17.3 Å². The number of nitrogens with one attached hydrogen (secondary N) is 2. The first kappa shape index (κ1) is 24.2. The highest BCUT2D eigenvalue weighted by atomic mass is 32.1. The third-order valence-electron chi connectivity index (χ3n) is 3.68. The molecule has 160 valence electrons. The first-order chi connectivity index (χ1) is 13.4. The molecule has 0 saturated heterocycles. The molecular formula is C16H26N8O3S2. The second-order valence-electron chi connectivity index (χ2n) is 7.15. The molecule has 0 atom stereocenters. The number of hydrogen-bond acceptors (Lipinski definition) is 9. The maximum atomic E-state index is 11.2. The summed E-state index contributed by atoms with van der Waals surface area (Å²) in [5, 5.41) is 2.59. The van der Waals surface area contributed by atoms with Crippen molar-refractivity contribution in [2.24, 2.45) is 17.0 Å². The minimum Gasteiger partial charge on any atom is -0.391 e. The van der Waals surface area contributed by atoms with Crippen LogP contribution < -0.4 is 28.3 Å². The van der Waals surface area contributed by atoms with Gasteiger partial charge in [-0.1, -0.05) is 27.7 Å². The first-order valence-electron chi connectivity index (χ1n) is 8.74. The number of H-pyrrole nitrogens is 2. The highest BCUT2D eigenvalue weighted by molar-refractivity contribution is 7.71. The van der Waals surface area contributed by atoms with Gasteiger partial charge in [-0.2, -0.15) is 0 Å². The Morgan fingerprint density at radius 2 is 1.28 bits per heavy atom. The van der Waals surface area contributed by atoms with Gasteiger partial charge in [0.05, 0.1) is 0 Å². The van der Waals surface area contributed by atoms with E-state index in [-0.39, 0.29) is 27.8 Å². The van der Waals surface area contributed by atoms with Crippen molar-refractivity contribution in [3.05, 3.63) is 35.2 Å². The van der Waals surface area contributed by atoms with Gasteiger partial charge in [0.25, 0.3) is 11.1 Å². The summed E-state index contributed by atoms with van der Waals surface area (Å²) in [6.45, 7) is 9.18. The Labute approximate surface area is 176 Å². The van der Waals surface area contributed by atoms with Crippen molar-refractivity contribution in [2.45, 2.75) is 40.8 Å². The van der Waals surface area contributed by atoms with Crippen molar-refractivity contribution in [2.75, 3.05) is 17.2 Å². The summed E-state index contributed by atoms with van der Waals surface area (Å²) in [5.41, 5.74) is 15.4. The summed E-state index contributed by atoms with van der Waals surface area (Å²) in [5.74, 6) is 0.943. The van der Waals surface area contributed by atoms with Crippen LogP contribution in [0.25, 0.3) is 0 Å². The molecule has 0 unspecified atom stereocenters. The van der Waals surface area contributed by atoms with Crippen LogP contribution in [0, 0.1) is 26.3 Å². The molecule has 0 aliphatic rings. The largest absolute Gasteiger partial charge is 0.391 e. The molecule has 0 aromatic carbocycles. The third kappa shape index (κ3) is 6.09. The molecule has 11 nitrogen and oxygen atoms in total. The van der Waals surface area contributed by atoms with Crippen LogP contribution in [0.5, 0.6) is 0 Å². The summed E-state index contributed by atoms with van der Waals surface area (Å²) in [7, 11) is 0. The van der Waals surface area contributed by atoms with Gasteiger partial charge in [0.2, 0.25) is 5.69 Å². The molecule has 0 amide bonds. The highest BCUT2D eigenvalue weighted by Crippen LogP contribution is 2.17. The van der Waals surface area contributed by atoms with Gasteiger partial charge in [-0.05, 0) is 41.4 Å². The summed E-state index contributed by atoms with van der Waals surface area (Å²) >= 11 is 9.91. The van der Waals surface area contributed by atoms with Crippen LogP contribution in [0.4, 0.5) is 23.0 Å². The van der Waals surface area contributed by atoms with E-state index in [0.717, 1.165) is 0 Å². The van der Waals surface area contributed by atoms with E-state index in [1.807, 2.05) is 27.7 Å². The number of aromatic amines is 2. The van der Waals surface area contributed by atoms with Crippen LogP contribution in [0.1, 0.15) is 27.7 Å². The fourth-order valence-electron chi connectivity index (χ4n) is 2.36. The van der Waals surface area contributed by atoms with Crippen molar-refractivity contribution >= 4 is 47.4 Å². The van der Waals surface area contributed by atoms with E-state index in [0.29, 0.717) is 29.7 Å². The average Bonchev–Trinajstić information content (AvgIpc) is 2.61. The maximum absolute atomic E-state index is 11.2. The molecule has 2 aromatic heterocycles. The van der Waals surface area contributed by atoms with Crippen molar-refractivity contribution in [1.82, 2.24) is 19.1 Å². The minimum atomic E-state index is -0.646. The van der Waals surface area contributed by atoms with Crippen molar-refractivity contribution < 1.29 is 0 Å². The van der Waals surface area contributed by atoms with Gasteiger partial charge in [0, 0.05) is 13.1 Å². The van der Waals surface area contributed by atoms with Crippen LogP contribution in [-0.4, -0.2) is 19.1 Å². The fraction of sp³-hybridized carbons (Fsp3) is 0.500. The molecule has 0 aliphatic carbocycles. The lowest BCUT2D eigenvalue weighted by atomic mass is 10.2. The first-order valence-corrected chi connectivity index (χ1v) is 9.56. The Kier molecular flexibility index (Phi) is 8.45. The molecule has 2 heterocycles. The quantitative estimate of drug-likeness (QED) is 0.345. The van der Waals surface area contributed by atoms with Crippen molar-refractivity contribution in [1.29, 1.82) is 0 Å². The SMILES string of the molecule is CC(C)Cn1c(N)c(N)c(=O)[nH]c1=S.CC(C)Cn1c(N)c(N=O)c(=O)[nH]c1=S. The van der Waals surface area contributed by atoms with Gasteiger partial charge in [-0.15, -0.1) is 4.91 Å². The Hall–Kier alpha value is -2.80. The van der Waals surface area contributed by atoms with Crippen LogP contribution in [0.2, 0.25) is 0 Å². The molecule has 2 rings (SSSR count). The average molecular weight is 443 g/mol. The molecule has 13 heteroatoms. The Morgan fingerprint density at radius 1 is 0.862 bits per heavy atom. The van der Waals surface area contributed by atoms with Crippen LogP contribution in [-0.2, 0) is 13.1 Å². The molecule has 0 fully saturated rings. The second-order valence-corrected chi connectivity index (χ2v) is 7.92. The van der Waals surface area contributed by atoms with Gasteiger partial charge in [0.15, 0.2) is 9.54 Å². The Bertz CT molecular complexity index is 1110. The zero-order chi connectivity index (χ0) is 22.5. The van der Waals surface area contributed by atoms with Gasteiger partial charge < -0.3 is 26.3 Å². The van der Waals surface area contributed by atoms with Crippen LogP contribution in [0.3, 0.4) is 0 Å². The molecule has 29 heavy (non-hydrogen) atoms. The predicted molar refractivity (Wildman–Crippen MR) is 120 cm³/mol. The summed E-state index contributed by atoms with van der Waals surface area (Å²) in [6, 6.07) is 0. The zero-order valence-electron chi connectivity index (χ0n) is 16.7. The van der Waals surface area contributed by atoms with Crippen LogP contribution >= 0.6 is 24.4 Å². The smallest absolute Gasteiger partial charge is 0.283 e. The Morgan fingerprint density at radius 3 is 1.69 bits per heavy atom. The zero-order valence-corrected chi connectivity index (χ0v) is 18.3. The van der Waals surface area contributed by atoms with Gasteiger partial charge >= 0.3 is 0 Å². The summed E-state index contributed by atoms with van der Waals surface area (Å²) < 4.78 is 3.66. The molecule has 0 radical (unpaired) electrons. The number of hydrogen-bond donors (Lipinski definition) is 5. The maximum Gasteiger partial charge on any atom is 0.283 e. The molecule has 8 N–H and O–H groups in total. The molecular weight excluding hydrogens is 416 g/mol. The van der Waals surface area contributed by atoms with E-state index in [1.165, 1.54) is 4.57 Å². The van der Waals surface area contributed by atoms with Crippen molar-refractivity contribution in [3.8, 4) is 0 Å². The highest BCUT2D eigenvalue weighted by Gasteiger charge is 2.11. The number of anilines is 3. The van der Waals surface area contributed by atoms with E-state index in [1.54, 1.807) is 4.57 Å². The van der Waals surface area contributed by atoms with E-state index in [4.69, 9.17) is 41.6 Å². The summed E-state index contributed by atoms with van der Waals surface area (Å²) in [6.07, 6.45) is 0. The predicted octanol–water partition coefficient (Wildman–Crippen LogP) is 2.27. The van der Waals surface area contributed by atoms with E-state index in [2.05, 4.69) is 15.1 Å². The number of nitrogens with two attached hydrogens (primary N) is 3. The van der Waals surface area contributed by atoms with E-state index in [9.17, 15) is 14.5 Å². The summed E-state index contributed by atoms with van der Waals surface area (Å²) in [4.78, 5) is 37.6. The Balaban J connectivity index is 0.000000291. The van der Waals surface area contributed by atoms with Crippen LogP contribution in [0.15, 0.2) is 14.8 Å². The second kappa shape index (κ2) is 10.1. The van der Waals surface area contributed by atoms with Gasteiger partial charge in [-0.25, -0.2) is 0 Å². The number of nitroso groups, excluding NO2 is 1. The molecule has 2 aromatic rings. The molecule has 0 saturated carbocycles. The van der Waals surface area contributed by atoms with E-state index < -0.39 is 11.1 Å².